The largest absolute Gasteiger partial charge is 0.375 e. The van der Waals surface area contributed by atoms with E-state index >= 15 is 0 Å². The first-order valence-corrected chi connectivity index (χ1v) is 8.93. The molecule has 2 bridgehead atoms. The minimum Gasteiger partial charge on any atom is -0.375 e. The van der Waals surface area contributed by atoms with E-state index in [1.54, 1.807) is 0 Å². The van der Waals surface area contributed by atoms with Crippen LogP contribution in [0, 0.1) is 0 Å². The van der Waals surface area contributed by atoms with Gasteiger partial charge >= 0.3 is 0 Å². The zero-order chi connectivity index (χ0) is 16.4. The van der Waals surface area contributed by atoms with Gasteiger partial charge in [-0.25, -0.2) is 0 Å². The van der Waals surface area contributed by atoms with Gasteiger partial charge in [0, 0.05) is 50.0 Å². The Bertz CT molecular complexity index is 530. The second-order valence-electron chi connectivity index (χ2n) is 7.15. The van der Waals surface area contributed by atoms with Crippen LogP contribution in [-0.4, -0.2) is 49.6 Å². The fraction of sp³-hybridized carbons (Fsp3) is 0.632. The van der Waals surface area contributed by atoms with Crippen LogP contribution in [0.25, 0.3) is 0 Å². The lowest BCUT2D eigenvalue weighted by Gasteiger charge is -2.35. The van der Waals surface area contributed by atoms with Crippen molar-refractivity contribution >= 4 is 11.6 Å². The van der Waals surface area contributed by atoms with Gasteiger partial charge in [-0.05, 0) is 56.4 Å². The quantitative estimate of drug-likeness (QED) is 0.907. The molecule has 23 heavy (non-hydrogen) atoms. The number of hydrogen-bond acceptors (Lipinski definition) is 3. The number of nitrogens with zero attached hydrogens (tertiary/aromatic N) is 2. The molecule has 0 aliphatic carbocycles. The summed E-state index contributed by atoms with van der Waals surface area (Å²) in [7, 11) is 4.06. The zero-order valence-electron chi connectivity index (χ0n) is 14.6. The van der Waals surface area contributed by atoms with Crippen LogP contribution in [0.2, 0.25) is 0 Å². The van der Waals surface area contributed by atoms with Gasteiger partial charge in [0.1, 0.15) is 0 Å². The van der Waals surface area contributed by atoms with E-state index in [-0.39, 0.29) is 5.91 Å². The number of hydrogen-bond donors (Lipinski definition) is 1. The normalized spacial score (nSPS) is 26.1. The second-order valence-corrected chi connectivity index (χ2v) is 7.15. The van der Waals surface area contributed by atoms with Crippen LogP contribution in [0.15, 0.2) is 24.3 Å². The molecule has 3 rings (SSSR count). The predicted octanol–water partition coefficient (Wildman–Crippen LogP) is 2.89. The number of rotatable bonds is 5. The average Bonchev–Trinajstić information content (AvgIpc) is 2.92. The van der Waals surface area contributed by atoms with Crippen molar-refractivity contribution in [3.8, 4) is 0 Å². The lowest BCUT2D eigenvalue weighted by molar-refractivity contribution is 0.0681. The molecule has 1 amide bonds. The average molecular weight is 315 g/mol. The van der Waals surface area contributed by atoms with Gasteiger partial charge in [-0.3, -0.25) is 4.79 Å². The topological polar surface area (TPSA) is 35.6 Å². The fourth-order valence-electron chi connectivity index (χ4n) is 4.04. The molecule has 2 atom stereocenters. The van der Waals surface area contributed by atoms with Gasteiger partial charge in [-0.1, -0.05) is 6.92 Å². The van der Waals surface area contributed by atoms with E-state index in [2.05, 4.69) is 36.3 Å². The van der Waals surface area contributed by atoms with E-state index in [0.717, 1.165) is 31.4 Å². The van der Waals surface area contributed by atoms with Gasteiger partial charge in [0.25, 0.3) is 5.91 Å². The van der Waals surface area contributed by atoms with Crippen LogP contribution >= 0.6 is 0 Å². The van der Waals surface area contributed by atoms with Crippen LogP contribution in [-0.2, 0) is 0 Å². The lowest BCUT2D eigenvalue weighted by atomic mass is 9.98. The molecule has 1 aromatic carbocycles. The number of carbonyl (C=O) groups excluding carboxylic acids is 1. The molecule has 4 heteroatoms. The van der Waals surface area contributed by atoms with Crippen molar-refractivity contribution in [2.75, 3.05) is 25.5 Å². The van der Waals surface area contributed by atoms with Gasteiger partial charge in [-0.15, -0.1) is 0 Å². The van der Waals surface area contributed by atoms with Gasteiger partial charge in [-0.2, -0.15) is 0 Å². The molecule has 0 radical (unpaired) electrons. The van der Waals surface area contributed by atoms with E-state index < -0.39 is 0 Å². The monoisotopic (exact) mass is 315 g/mol. The van der Waals surface area contributed by atoms with Gasteiger partial charge < -0.3 is 15.1 Å². The van der Waals surface area contributed by atoms with E-state index in [1.165, 1.54) is 18.5 Å². The van der Waals surface area contributed by atoms with Crippen molar-refractivity contribution in [2.24, 2.45) is 0 Å². The highest BCUT2D eigenvalue weighted by molar-refractivity contribution is 5.94. The number of piperidine rings is 1. The number of anilines is 1. The lowest BCUT2D eigenvalue weighted by Crippen LogP contribution is -2.48. The van der Waals surface area contributed by atoms with Gasteiger partial charge in [0.2, 0.25) is 0 Å². The summed E-state index contributed by atoms with van der Waals surface area (Å²) in [6.07, 6.45) is 5.84. The Labute approximate surface area is 139 Å². The first-order chi connectivity index (χ1) is 11.1. The van der Waals surface area contributed by atoms with Crippen molar-refractivity contribution in [3.05, 3.63) is 29.8 Å². The standard InChI is InChI=1S/C19H29N3O/c1-4-11-21(2)17-9-5-14(6-10-17)19(23)22(3)18-12-15-7-8-16(13-18)20-15/h5-6,9-10,15-16,18,20H,4,7-8,11-13H2,1-3H3. The highest BCUT2D eigenvalue weighted by Crippen LogP contribution is 2.30. The molecule has 126 valence electrons. The molecule has 2 aliphatic rings. The minimum atomic E-state index is 0.154. The number of nitrogens with one attached hydrogen (secondary N) is 1. The van der Waals surface area contributed by atoms with Crippen LogP contribution in [0.1, 0.15) is 49.4 Å². The Morgan fingerprint density at radius 1 is 1.13 bits per heavy atom. The fourth-order valence-corrected chi connectivity index (χ4v) is 4.04. The molecule has 2 heterocycles. The van der Waals surface area contributed by atoms with E-state index in [0.29, 0.717) is 18.1 Å². The van der Waals surface area contributed by atoms with Crippen LogP contribution in [0.3, 0.4) is 0 Å². The summed E-state index contributed by atoms with van der Waals surface area (Å²) >= 11 is 0. The van der Waals surface area contributed by atoms with Crippen molar-refractivity contribution in [1.82, 2.24) is 10.2 Å². The third kappa shape index (κ3) is 3.52. The molecule has 2 unspecified atom stereocenters. The maximum absolute atomic E-state index is 12.8. The zero-order valence-corrected chi connectivity index (χ0v) is 14.6. The molecule has 2 fully saturated rings. The third-order valence-electron chi connectivity index (χ3n) is 5.43. The smallest absolute Gasteiger partial charge is 0.253 e. The Morgan fingerprint density at radius 3 is 2.30 bits per heavy atom. The summed E-state index contributed by atoms with van der Waals surface area (Å²) in [6, 6.07) is 9.65. The highest BCUT2D eigenvalue weighted by atomic mass is 16.2. The van der Waals surface area contributed by atoms with Crippen molar-refractivity contribution in [1.29, 1.82) is 0 Å². The molecule has 1 aromatic rings. The van der Waals surface area contributed by atoms with Crippen LogP contribution in [0.5, 0.6) is 0 Å². The SMILES string of the molecule is CCCN(C)c1ccc(C(=O)N(C)C2CC3CCC(C2)N3)cc1. The Hall–Kier alpha value is -1.55. The van der Waals surface area contributed by atoms with Crippen molar-refractivity contribution in [2.45, 2.75) is 57.2 Å². The summed E-state index contributed by atoms with van der Waals surface area (Å²) in [5.74, 6) is 0.154. The first kappa shape index (κ1) is 16.3. The summed E-state index contributed by atoms with van der Waals surface area (Å²) in [6.45, 7) is 3.21. The summed E-state index contributed by atoms with van der Waals surface area (Å²) in [5, 5.41) is 3.64. The molecule has 4 nitrogen and oxygen atoms in total. The third-order valence-corrected chi connectivity index (χ3v) is 5.43. The summed E-state index contributed by atoms with van der Waals surface area (Å²) in [4.78, 5) is 17.0. The second kappa shape index (κ2) is 6.91. The number of benzene rings is 1. The summed E-state index contributed by atoms with van der Waals surface area (Å²) in [5.41, 5.74) is 1.97. The minimum absolute atomic E-state index is 0.154. The molecular formula is C19H29N3O. The summed E-state index contributed by atoms with van der Waals surface area (Å²) < 4.78 is 0. The maximum Gasteiger partial charge on any atom is 0.253 e. The molecule has 0 spiro atoms. The molecule has 1 N–H and O–H groups in total. The molecular weight excluding hydrogens is 286 g/mol. The maximum atomic E-state index is 12.8. The predicted molar refractivity (Wildman–Crippen MR) is 95.1 cm³/mol. The van der Waals surface area contributed by atoms with E-state index in [4.69, 9.17) is 0 Å². The number of carbonyl (C=O) groups is 1. The number of amides is 1. The highest BCUT2D eigenvalue weighted by Gasteiger charge is 2.36. The Kier molecular flexibility index (Phi) is 4.90. The Morgan fingerprint density at radius 2 is 1.74 bits per heavy atom. The van der Waals surface area contributed by atoms with Gasteiger partial charge in [0.05, 0.1) is 0 Å². The van der Waals surface area contributed by atoms with E-state index in [9.17, 15) is 4.79 Å². The van der Waals surface area contributed by atoms with Crippen LogP contribution in [0.4, 0.5) is 5.69 Å². The van der Waals surface area contributed by atoms with Crippen molar-refractivity contribution < 1.29 is 4.79 Å². The number of fused-ring (bicyclic) bond motifs is 2. The first-order valence-electron chi connectivity index (χ1n) is 8.93. The molecule has 2 aliphatic heterocycles. The van der Waals surface area contributed by atoms with Gasteiger partial charge in [0.15, 0.2) is 0 Å². The van der Waals surface area contributed by atoms with Crippen molar-refractivity contribution in [3.63, 3.8) is 0 Å². The van der Waals surface area contributed by atoms with Crippen LogP contribution < -0.4 is 10.2 Å². The molecule has 0 aromatic heterocycles. The molecule has 2 saturated heterocycles. The van der Waals surface area contributed by atoms with E-state index in [1.807, 2.05) is 24.1 Å². The Balaban J connectivity index is 1.65. The molecule has 0 saturated carbocycles.